The molecule has 2 aromatic heterocycles. The molecule has 1 amide bonds. The van der Waals surface area contributed by atoms with Gasteiger partial charge in [-0.25, -0.2) is 4.79 Å². The molecule has 0 spiro atoms. The molecular formula is C12H10N4O3. The fourth-order valence-electron chi connectivity index (χ4n) is 1.86. The van der Waals surface area contributed by atoms with Crippen LogP contribution in [0, 0.1) is 0 Å². The average Bonchev–Trinajstić information content (AvgIpc) is 2.94. The van der Waals surface area contributed by atoms with E-state index in [-0.39, 0.29) is 5.91 Å². The van der Waals surface area contributed by atoms with Gasteiger partial charge in [0.1, 0.15) is 5.69 Å². The Bertz CT molecular complexity index is 812. The van der Waals surface area contributed by atoms with Crippen LogP contribution in [0.1, 0.15) is 10.5 Å². The molecule has 1 aromatic carbocycles. The fourth-order valence-corrected chi connectivity index (χ4v) is 1.86. The maximum atomic E-state index is 12.0. The summed E-state index contributed by atoms with van der Waals surface area (Å²) in [4.78, 5) is 25.7. The summed E-state index contributed by atoms with van der Waals surface area (Å²) < 4.78 is 6.46. The summed E-state index contributed by atoms with van der Waals surface area (Å²) in [6.07, 6.45) is 1.53. The first-order valence-corrected chi connectivity index (χ1v) is 5.56. The van der Waals surface area contributed by atoms with Crippen LogP contribution in [0.2, 0.25) is 0 Å². The van der Waals surface area contributed by atoms with Crippen LogP contribution in [0.4, 0.5) is 5.69 Å². The minimum absolute atomic E-state index is 0.322. The molecule has 0 radical (unpaired) electrons. The second-order valence-electron chi connectivity index (χ2n) is 3.99. The normalized spacial score (nSPS) is 10.8. The number of aromatic amines is 1. The molecule has 0 fully saturated rings. The van der Waals surface area contributed by atoms with E-state index < -0.39 is 5.76 Å². The van der Waals surface area contributed by atoms with Crippen molar-refractivity contribution in [2.45, 2.75) is 0 Å². The van der Waals surface area contributed by atoms with Gasteiger partial charge in [0.2, 0.25) is 0 Å². The Morgan fingerprint density at radius 1 is 1.42 bits per heavy atom. The van der Waals surface area contributed by atoms with Crippen LogP contribution in [0.3, 0.4) is 0 Å². The molecule has 0 unspecified atom stereocenters. The van der Waals surface area contributed by atoms with Crippen molar-refractivity contribution in [3.63, 3.8) is 0 Å². The number of benzene rings is 1. The largest absolute Gasteiger partial charge is 0.417 e. The topological polar surface area (TPSA) is 92.9 Å². The van der Waals surface area contributed by atoms with Crippen LogP contribution >= 0.6 is 0 Å². The highest BCUT2D eigenvalue weighted by atomic mass is 16.4. The summed E-state index contributed by atoms with van der Waals surface area (Å²) in [6.45, 7) is 0. The van der Waals surface area contributed by atoms with Crippen molar-refractivity contribution in [2.24, 2.45) is 7.05 Å². The molecule has 2 heterocycles. The Labute approximate surface area is 106 Å². The molecule has 2 N–H and O–H groups in total. The predicted octanol–water partition coefficient (Wildman–Crippen LogP) is 1.11. The lowest BCUT2D eigenvalue weighted by Gasteiger charge is -2.05. The lowest BCUT2D eigenvalue weighted by Crippen LogP contribution is -2.16. The quantitative estimate of drug-likeness (QED) is 0.720. The van der Waals surface area contributed by atoms with Crippen molar-refractivity contribution in [2.75, 3.05) is 5.32 Å². The van der Waals surface area contributed by atoms with Crippen molar-refractivity contribution in [1.29, 1.82) is 0 Å². The van der Waals surface area contributed by atoms with Crippen molar-refractivity contribution in [3.8, 4) is 0 Å². The number of carbonyl (C=O) groups is 1. The molecule has 19 heavy (non-hydrogen) atoms. The Kier molecular flexibility index (Phi) is 2.45. The van der Waals surface area contributed by atoms with Gasteiger partial charge < -0.3 is 9.73 Å². The third kappa shape index (κ3) is 1.90. The lowest BCUT2D eigenvalue weighted by atomic mass is 10.2. The number of hydrogen-bond acceptors (Lipinski definition) is 4. The Morgan fingerprint density at radius 2 is 2.26 bits per heavy atom. The highest BCUT2D eigenvalue weighted by molar-refractivity contribution is 6.06. The molecule has 0 saturated heterocycles. The van der Waals surface area contributed by atoms with Crippen molar-refractivity contribution < 1.29 is 9.21 Å². The second-order valence-corrected chi connectivity index (χ2v) is 3.99. The van der Waals surface area contributed by atoms with E-state index >= 15 is 0 Å². The first kappa shape index (κ1) is 11.3. The zero-order valence-corrected chi connectivity index (χ0v) is 10.0. The van der Waals surface area contributed by atoms with Gasteiger partial charge in [-0.1, -0.05) is 6.07 Å². The number of oxazole rings is 1. The number of anilines is 1. The van der Waals surface area contributed by atoms with Crippen molar-refractivity contribution in [3.05, 3.63) is 46.7 Å². The Morgan fingerprint density at radius 3 is 3.00 bits per heavy atom. The number of H-pyrrole nitrogens is 1. The number of nitrogens with zero attached hydrogens (tertiary/aromatic N) is 2. The molecule has 7 nitrogen and oxygen atoms in total. The number of aromatic nitrogens is 3. The molecule has 0 saturated carbocycles. The van der Waals surface area contributed by atoms with Gasteiger partial charge >= 0.3 is 5.76 Å². The third-order valence-corrected chi connectivity index (χ3v) is 2.75. The second kappa shape index (κ2) is 4.13. The van der Waals surface area contributed by atoms with Crippen molar-refractivity contribution in [1.82, 2.24) is 14.8 Å². The van der Waals surface area contributed by atoms with Gasteiger partial charge in [-0.05, 0) is 18.2 Å². The molecular weight excluding hydrogens is 248 g/mol. The van der Waals surface area contributed by atoms with Gasteiger partial charge in [0.25, 0.3) is 5.91 Å². The molecule has 0 atom stereocenters. The number of fused-ring (bicyclic) bond motifs is 1. The number of nitrogens with one attached hydrogen (secondary N) is 2. The molecule has 0 bridgehead atoms. The highest BCUT2D eigenvalue weighted by Crippen LogP contribution is 2.21. The highest BCUT2D eigenvalue weighted by Gasteiger charge is 2.13. The van der Waals surface area contributed by atoms with Crippen LogP contribution in [0.25, 0.3) is 11.1 Å². The molecule has 0 aliphatic carbocycles. The first-order chi connectivity index (χ1) is 9.15. The molecule has 96 valence electrons. The predicted molar refractivity (Wildman–Crippen MR) is 68.0 cm³/mol. The van der Waals surface area contributed by atoms with Crippen molar-refractivity contribution >= 4 is 22.7 Å². The van der Waals surface area contributed by atoms with Gasteiger partial charge in [-0.3, -0.25) is 14.5 Å². The summed E-state index contributed by atoms with van der Waals surface area (Å²) in [5.74, 6) is -0.881. The van der Waals surface area contributed by atoms with E-state index in [4.69, 9.17) is 4.42 Å². The number of aryl methyl sites for hydroxylation is 1. The van der Waals surface area contributed by atoms with E-state index in [0.29, 0.717) is 22.5 Å². The monoisotopic (exact) mass is 258 g/mol. The lowest BCUT2D eigenvalue weighted by molar-refractivity contribution is 0.101. The third-order valence-electron chi connectivity index (χ3n) is 2.75. The van der Waals surface area contributed by atoms with Crippen LogP contribution in [0.15, 0.2) is 39.7 Å². The van der Waals surface area contributed by atoms with Gasteiger partial charge in [0.15, 0.2) is 5.58 Å². The summed E-state index contributed by atoms with van der Waals surface area (Å²) in [5, 5.41) is 6.61. The van der Waals surface area contributed by atoms with E-state index in [9.17, 15) is 9.59 Å². The summed E-state index contributed by atoms with van der Waals surface area (Å²) in [6, 6.07) is 6.67. The van der Waals surface area contributed by atoms with Gasteiger partial charge in [-0.15, -0.1) is 0 Å². The Balaban J connectivity index is 2.00. The number of hydrogen-bond donors (Lipinski definition) is 2. The first-order valence-electron chi connectivity index (χ1n) is 5.56. The average molecular weight is 258 g/mol. The van der Waals surface area contributed by atoms with E-state index in [1.165, 1.54) is 10.9 Å². The Hall–Kier alpha value is -2.83. The zero-order valence-electron chi connectivity index (χ0n) is 10.0. The maximum absolute atomic E-state index is 12.0. The van der Waals surface area contributed by atoms with Crippen LogP contribution in [-0.2, 0) is 7.05 Å². The number of amides is 1. The van der Waals surface area contributed by atoms with E-state index in [1.807, 2.05) is 0 Å². The van der Waals surface area contributed by atoms with Crippen LogP contribution < -0.4 is 11.1 Å². The summed E-state index contributed by atoms with van der Waals surface area (Å²) in [5.41, 5.74) is 1.70. The molecule has 3 rings (SSSR count). The standard InChI is InChI=1S/C12H10N4O3/c1-16-9(5-6-13-16)11(17)14-7-3-2-4-8-10(7)19-12(18)15-8/h2-6H,1H3,(H,14,17)(H,15,18). The van der Waals surface area contributed by atoms with E-state index in [0.717, 1.165) is 0 Å². The number of para-hydroxylation sites is 1. The summed E-state index contributed by atoms with van der Waals surface area (Å²) in [7, 11) is 1.67. The fraction of sp³-hybridized carbons (Fsp3) is 0.0833. The van der Waals surface area contributed by atoms with E-state index in [1.54, 1.807) is 31.3 Å². The smallest absolute Gasteiger partial charge is 0.406 e. The SMILES string of the molecule is Cn1nccc1C(=O)Nc1cccc2[nH]c(=O)oc12. The van der Waals surface area contributed by atoms with Gasteiger partial charge in [0, 0.05) is 13.2 Å². The number of carbonyl (C=O) groups excluding carboxylic acids is 1. The van der Waals surface area contributed by atoms with Crippen LogP contribution in [-0.4, -0.2) is 20.7 Å². The van der Waals surface area contributed by atoms with Gasteiger partial charge in [0.05, 0.1) is 11.2 Å². The van der Waals surface area contributed by atoms with E-state index in [2.05, 4.69) is 15.4 Å². The zero-order chi connectivity index (χ0) is 13.4. The molecule has 7 heteroatoms. The summed E-state index contributed by atoms with van der Waals surface area (Å²) >= 11 is 0. The minimum atomic E-state index is -0.558. The van der Waals surface area contributed by atoms with Gasteiger partial charge in [-0.2, -0.15) is 5.10 Å². The molecule has 0 aliphatic rings. The molecule has 0 aliphatic heterocycles. The van der Waals surface area contributed by atoms with Crippen LogP contribution in [0.5, 0.6) is 0 Å². The number of rotatable bonds is 2. The molecule has 3 aromatic rings. The minimum Gasteiger partial charge on any atom is -0.406 e. The maximum Gasteiger partial charge on any atom is 0.417 e.